The Balaban J connectivity index is 2.38. The van der Waals surface area contributed by atoms with Crippen molar-refractivity contribution in [1.82, 2.24) is 4.98 Å². The number of phenols is 1. The third-order valence-electron chi connectivity index (χ3n) is 2.54. The molecule has 0 aliphatic heterocycles. The van der Waals surface area contributed by atoms with Crippen molar-refractivity contribution in [2.24, 2.45) is 0 Å². The lowest BCUT2D eigenvalue weighted by Gasteiger charge is -2.08. The summed E-state index contributed by atoms with van der Waals surface area (Å²) in [4.78, 5) is 4.03. The molecule has 1 heterocycles. The first-order valence-electron chi connectivity index (χ1n) is 5.88. The number of rotatable bonds is 4. The Bertz CT molecular complexity index is 590. The summed E-state index contributed by atoms with van der Waals surface area (Å²) in [7, 11) is 0. The van der Waals surface area contributed by atoms with E-state index in [0.29, 0.717) is 23.5 Å². The third-order valence-corrected chi connectivity index (χ3v) is 2.83. The zero-order chi connectivity index (χ0) is 13.8. The number of aromatic hydroxyl groups is 1. The molecule has 19 heavy (non-hydrogen) atoms. The molecule has 5 heteroatoms. The molecule has 1 aromatic heterocycles. The second-order valence-corrected chi connectivity index (χ2v) is 4.45. The first kappa shape index (κ1) is 13.6. The Labute approximate surface area is 115 Å². The fourth-order valence-electron chi connectivity index (χ4n) is 1.63. The van der Waals surface area contributed by atoms with Crippen LogP contribution in [0.15, 0.2) is 30.6 Å². The molecule has 0 bridgehead atoms. The molecule has 0 atom stereocenters. The summed E-state index contributed by atoms with van der Waals surface area (Å²) in [5.74, 6) is -0.246. The molecule has 0 spiro atoms. The van der Waals surface area contributed by atoms with Gasteiger partial charge in [0, 0.05) is 23.4 Å². The molecule has 2 rings (SSSR count). The highest BCUT2D eigenvalue weighted by Crippen LogP contribution is 2.34. The number of aromatic nitrogens is 1. The van der Waals surface area contributed by atoms with E-state index in [4.69, 9.17) is 16.3 Å². The summed E-state index contributed by atoms with van der Waals surface area (Å²) in [5, 5.41) is 9.72. The minimum absolute atomic E-state index is 0.0484. The maximum Gasteiger partial charge on any atom is 0.145 e. The highest BCUT2D eigenvalue weighted by atomic mass is 35.5. The maximum atomic E-state index is 13.2. The van der Waals surface area contributed by atoms with Gasteiger partial charge in [-0.15, -0.1) is 0 Å². The van der Waals surface area contributed by atoms with E-state index in [9.17, 15) is 9.50 Å². The van der Waals surface area contributed by atoms with Crippen LogP contribution in [0.25, 0.3) is 11.1 Å². The molecule has 0 amide bonds. The summed E-state index contributed by atoms with van der Waals surface area (Å²) in [6, 6.07) is 4.08. The normalized spacial score (nSPS) is 10.5. The van der Waals surface area contributed by atoms with Gasteiger partial charge in [0.25, 0.3) is 0 Å². The molecule has 1 N–H and O–H groups in total. The van der Waals surface area contributed by atoms with Gasteiger partial charge >= 0.3 is 0 Å². The lowest BCUT2D eigenvalue weighted by atomic mass is 10.1. The van der Waals surface area contributed by atoms with Crippen LogP contribution in [0.1, 0.15) is 13.3 Å². The van der Waals surface area contributed by atoms with Gasteiger partial charge in [-0.25, -0.2) is 4.39 Å². The summed E-state index contributed by atoms with van der Waals surface area (Å²) in [6.45, 7) is 2.59. The van der Waals surface area contributed by atoms with E-state index in [1.54, 1.807) is 18.5 Å². The smallest absolute Gasteiger partial charge is 0.145 e. The minimum atomic E-state index is -0.658. The fourth-order valence-corrected chi connectivity index (χ4v) is 1.80. The first-order valence-corrected chi connectivity index (χ1v) is 6.26. The monoisotopic (exact) mass is 281 g/mol. The summed E-state index contributed by atoms with van der Waals surface area (Å²) >= 11 is 5.72. The first-order chi connectivity index (χ1) is 9.11. The van der Waals surface area contributed by atoms with E-state index in [0.717, 1.165) is 12.5 Å². The molecule has 2 aromatic rings. The van der Waals surface area contributed by atoms with E-state index < -0.39 is 5.82 Å². The zero-order valence-corrected chi connectivity index (χ0v) is 11.1. The number of ether oxygens (including phenoxy) is 1. The lowest BCUT2D eigenvalue weighted by molar-refractivity contribution is 0.316. The highest BCUT2D eigenvalue weighted by Gasteiger charge is 2.10. The number of benzene rings is 1. The Kier molecular flexibility index (Phi) is 4.22. The van der Waals surface area contributed by atoms with E-state index in [1.165, 1.54) is 6.07 Å². The van der Waals surface area contributed by atoms with E-state index in [1.807, 2.05) is 6.92 Å². The van der Waals surface area contributed by atoms with Gasteiger partial charge < -0.3 is 9.84 Å². The molecule has 0 saturated carbocycles. The topological polar surface area (TPSA) is 42.4 Å². The molecular weight excluding hydrogens is 269 g/mol. The van der Waals surface area contributed by atoms with Gasteiger partial charge in [-0.1, -0.05) is 18.5 Å². The van der Waals surface area contributed by atoms with Crippen LogP contribution in [-0.4, -0.2) is 16.7 Å². The van der Waals surface area contributed by atoms with Crippen molar-refractivity contribution in [3.05, 3.63) is 41.4 Å². The Hall–Kier alpha value is -1.81. The molecule has 0 saturated heterocycles. The van der Waals surface area contributed by atoms with Gasteiger partial charge in [0.1, 0.15) is 17.3 Å². The van der Waals surface area contributed by atoms with Crippen molar-refractivity contribution in [3.8, 4) is 22.6 Å². The van der Waals surface area contributed by atoms with Crippen LogP contribution in [0.4, 0.5) is 4.39 Å². The van der Waals surface area contributed by atoms with E-state index in [-0.39, 0.29) is 10.8 Å². The Morgan fingerprint density at radius 2 is 2.11 bits per heavy atom. The number of nitrogens with zero attached hydrogens (tertiary/aromatic N) is 1. The maximum absolute atomic E-state index is 13.2. The zero-order valence-electron chi connectivity index (χ0n) is 10.4. The van der Waals surface area contributed by atoms with Crippen molar-refractivity contribution >= 4 is 11.6 Å². The van der Waals surface area contributed by atoms with Crippen LogP contribution >= 0.6 is 11.6 Å². The summed E-state index contributed by atoms with van der Waals surface area (Å²) in [6.07, 6.45) is 4.03. The molecular formula is C14H13ClFNO2. The number of hydrogen-bond donors (Lipinski definition) is 1. The number of hydrogen-bond acceptors (Lipinski definition) is 3. The average Bonchev–Trinajstić information content (AvgIpc) is 2.41. The van der Waals surface area contributed by atoms with Crippen molar-refractivity contribution < 1.29 is 14.2 Å². The van der Waals surface area contributed by atoms with Gasteiger partial charge in [-0.2, -0.15) is 0 Å². The predicted octanol–water partition coefficient (Wildman–Crippen LogP) is 4.04. The van der Waals surface area contributed by atoms with Crippen LogP contribution in [0, 0.1) is 5.82 Å². The van der Waals surface area contributed by atoms with Crippen LogP contribution < -0.4 is 4.74 Å². The van der Waals surface area contributed by atoms with Gasteiger partial charge in [0.05, 0.1) is 17.8 Å². The van der Waals surface area contributed by atoms with E-state index >= 15 is 0 Å². The second kappa shape index (κ2) is 5.89. The lowest BCUT2D eigenvalue weighted by Crippen LogP contribution is -1.95. The van der Waals surface area contributed by atoms with Crippen LogP contribution in [-0.2, 0) is 0 Å². The average molecular weight is 282 g/mol. The highest BCUT2D eigenvalue weighted by molar-refractivity contribution is 6.31. The van der Waals surface area contributed by atoms with Gasteiger partial charge in [0.15, 0.2) is 0 Å². The predicted molar refractivity (Wildman–Crippen MR) is 72.1 cm³/mol. The quantitative estimate of drug-likeness (QED) is 0.920. The largest absolute Gasteiger partial charge is 0.507 e. The SMILES string of the molecule is CCCOc1cncc(-c2cc(Cl)c(F)cc2O)c1. The van der Waals surface area contributed by atoms with Gasteiger partial charge in [-0.05, 0) is 18.6 Å². The summed E-state index contributed by atoms with van der Waals surface area (Å²) < 4.78 is 18.6. The number of phenolic OH excluding ortho intramolecular Hbond substituents is 1. The number of halogens is 2. The molecule has 1 aromatic carbocycles. The molecule has 3 nitrogen and oxygen atoms in total. The van der Waals surface area contributed by atoms with Crippen LogP contribution in [0.2, 0.25) is 5.02 Å². The minimum Gasteiger partial charge on any atom is -0.507 e. The molecule has 0 radical (unpaired) electrons. The number of pyridine rings is 1. The van der Waals surface area contributed by atoms with Gasteiger partial charge in [-0.3, -0.25) is 4.98 Å². The molecule has 0 unspecified atom stereocenters. The standard InChI is InChI=1S/C14H13ClFNO2/c1-2-3-19-10-4-9(7-17-8-10)11-5-12(15)13(16)6-14(11)18/h4-8,18H,2-3H2,1H3. The van der Waals surface area contributed by atoms with Gasteiger partial charge in [0.2, 0.25) is 0 Å². The molecule has 0 aliphatic rings. The molecule has 0 aliphatic carbocycles. The van der Waals surface area contributed by atoms with Crippen molar-refractivity contribution in [3.63, 3.8) is 0 Å². The van der Waals surface area contributed by atoms with Crippen molar-refractivity contribution in [2.75, 3.05) is 6.61 Å². The van der Waals surface area contributed by atoms with E-state index in [2.05, 4.69) is 4.98 Å². The van der Waals surface area contributed by atoms with Crippen molar-refractivity contribution in [2.45, 2.75) is 13.3 Å². The Morgan fingerprint density at radius 1 is 1.32 bits per heavy atom. The fraction of sp³-hybridized carbons (Fsp3) is 0.214. The molecule has 100 valence electrons. The third kappa shape index (κ3) is 3.15. The van der Waals surface area contributed by atoms with Crippen molar-refractivity contribution in [1.29, 1.82) is 0 Å². The summed E-state index contributed by atoms with van der Waals surface area (Å²) in [5.41, 5.74) is 1.04. The van der Waals surface area contributed by atoms with Crippen LogP contribution in [0.5, 0.6) is 11.5 Å². The second-order valence-electron chi connectivity index (χ2n) is 4.04. The molecule has 0 fully saturated rings. The van der Waals surface area contributed by atoms with Crippen LogP contribution in [0.3, 0.4) is 0 Å². The Morgan fingerprint density at radius 3 is 2.84 bits per heavy atom.